The second-order valence-electron chi connectivity index (χ2n) is 8.14. The Kier molecular flexibility index (Phi) is 9.72. The van der Waals surface area contributed by atoms with Crippen LogP contribution >= 0.6 is 11.3 Å². The summed E-state index contributed by atoms with van der Waals surface area (Å²) < 4.78 is 5.36. The Bertz CT molecular complexity index is 630. The van der Waals surface area contributed by atoms with Gasteiger partial charge in [-0.1, -0.05) is 13.8 Å². The molecule has 1 heterocycles. The molecule has 0 aliphatic heterocycles. The first-order valence-corrected chi connectivity index (χ1v) is 10.8. The van der Waals surface area contributed by atoms with E-state index in [4.69, 9.17) is 4.74 Å². The molecule has 0 radical (unpaired) electrons. The van der Waals surface area contributed by atoms with Crippen molar-refractivity contribution in [2.24, 2.45) is 10.9 Å². The summed E-state index contributed by atoms with van der Waals surface area (Å²) in [6, 6.07) is -0.102. The smallest absolute Gasteiger partial charge is 0.407 e. The Labute approximate surface area is 173 Å². The number of hydrogen-bond acceptors (Lipinski definition) is 5. The molecular formula is C20H37N5O2S. The van der Waals surface area contributed by atoms with Crippen LogP contribution in [0.2, 0.25) is 0 Å². The van der Waals surface area contributed by atoms with Crippen LogP contribution in [0.15, 0.2) is 4.99 Å². The molecule has 28 heavy (non-hydrogen) atoms. The van der Waals surface area contributed by atoms with Crippen molar-refractivity contribution in [3.05, 3.63) is 15.6 Å². The number of carbonyl (C=O) groups is 1. The zero-order chi connectivity index (χ0) is 21.3. The van der Waals surface area contributed by atoms with Gasteiger partial charge in [-0.05, 0) is 47.5 Å². The van der Waals surface area contributed by atoms with Crippen LogP contribution in [0.1, 0.15) is 57.1 Å². The number of ether oxygens (including phenoxy) is 1. The van der Waals surface area contributed by atoms with Crippen molar-refractivity contribution in [2.45, 2.75) is 73.5 Å². The lowest BCUT2D eigenvalue weighted by molar-refractivity contribution is 0.0493. The van der Waals surface area contributed by atoms with Crippen LogP contribution in [-0.2, 0) is 11.2 Å². The van der Waals surface area contributed by atoms with Crippen LogP contribution < -0.4 is 16.0 Å². The minimum atomic E-state index is -0.516. The average molecular weight is 412 g/mol. The second-order valence-corrected chi connectivity index (χ2v) is 9.43. The highest BCUT2D eigenvalue weighted by molar-refractivity contribution is 7.11. The van der Waals surface area contributed by atoms with E-state index >= 15 is 0 Å². The quantitative estimate of drug-likeness (QED) is 0.451. The molecule has 1 amide bonds. The summed E-state index contributed by atoms with van der Waals surface area (Å²) >= 11 is 1.74. The highest BCUT2D eigenvalue weighted by atomic mass is 32.1. The Morgan fingerprint density at radius 3 is 2.43 bits per heavy atom. The lowest BCUT2D eigenvalue weighted by Crippen LogP contribution is -2.45. The summed E-state index contributed by atoms with van der Waals surface area (Å²) in [5.41, 5.74) is 0.589. The third-order valence-electron chi connectivity index (χ3n) is 4.00. The summed E-state index contributed by atoms with van der Waals surface area (Å²) in [5.74, 6) is 0.976. The number of carbonyl (C=O) groups excluding carboxylic acids is 1. The third kappa shape index (κ3) is 9.39. The maximum atomic E-state index is 12.1. The normalized spacial score (nSPS) is 13.4. The summed E-state index contributed by atoms with van der Waals surface area (Å²) in [6.07, 6.45) is 0.446. The second kappa shape index (κ2) is 11.2. The highest BCUT2D eigenvalue weighted by Crippen LogP contribution is 2.16. The fourth-order valence-corrected chi connectivity index (χ4v) is 3.28. The van der Waals surface area contributed by atoms with Gasteiger partial charge >= 0.3 is 6.09 Å². The Hall–Kier alpha value is -1.83. The van der Waals surface area contributed by atoms with E-state index in [9.17, 15) is 4.79 Å². The number of nitrogens with zero attached hydrogens (tertiary/aromatic N) is 2. The first-order valence-electron chi connectivity index (χ1n) is 9.96. The van der Waals surface area contributed by atoms with Gasteiger partial charge in [-0.15, -0.1) is 11.3 Å². The van der Waals surface area contributed by atoms with Gasteiger partial charge in [-0.3, -0.25) is 4.99 Å². The van der Waals surface area contributed by atoms with E-state index in [0.717, 1.165) is 36.2 Å². The first-order chi connectivity index (χ1) is 13.0. The van der Waals surface area contributed by atoms with Crippen molar-refractivity contribution in [3.63, 3.8) is 0 Å². The Morgan fingerprint density at radius 1 is 1.25 bits per heavy atom. The van der Waals surface area contributed by atoms with E-state index < -0.39 is 11.7 Å². The zero-order valence-electron chi connectivity index (χ0n) is 18.6. The minimum absolute atomic E-state index is 0.102. The number of alkyl carbamates (subject to hydrolysis) is 1. The predicted octanol–water partition coefficient (Wildman–Crippen LogP) is 3.41. The van der Waals surface area contributed by atoms with Gasteiger partial charge in [0.15, 0.2) is 5.96 Å². The molecule has 160 valence electrons. The number of aliphatic imine (C=N–C) groups is 1. The van der Waals surface area contributed by atoms with Crippen molar-refractivity contribution >= 4 is 23.4 Å². The van der Waals surface area contributed by atoms with Crippen LogP contribution in [-0.4, -0.2) is 48.3 Å². The van der Waals surface area contributed by atoms with Gasteiger partial charge in [0.25, 0.3) is 0 Å². The first kappa shape index (κ1) is 24.2. The van der Waals surface area contributed by atoms with Crippen LogP contribution in [0.5, 0.6) is 0 Å². The van der Waals surface area contributed by atoms with E-state index in [0.29, 0.717) is 6.54 Å². The van der Waals surface area contributed by atoms with Gasteiger partial charge in [0.2, 0.25) is 0 Å². The lowest BCUT2D eigenvalue weighted by atomic mass is 10.1. The SMILES string of the molecule is CCNC(=NCC(NC(=O)OC(C)(C)C)C(C)C)NCCc1nc(C)c(C)s1. The standard InChI is InChI=1S/C20H37N5O2S/c1-9-21-18(22-11-10-17-24-14(4)15(5)28-17)23-12-16(13(2)3)25-19(26)27-20(6,7)8/h13,16H,9-12H2,1-8H3,(H,25,26)(H2,21,22,23). The number of rotatable bonds is 8. The van der Waals surface area contributed by atoms with Crippen molar-refractivity contribution in [3.8, 4) is 0 Å². The number of aryl methyl sites for hydroxylation is 2. The molecule has 0 aliphatic rings. The Balaban J connectivity index is 2.61. The van der Waals surface area contributed by atoms with Crippen LogP contribution in [0.3, 0.4) is 0 Å². The number of aromatic nitrogens is 1. The van der Waals surface area contributed by atoms with Gasteiger partial charge < -0.3 is 20.7 Å². The highest BCUT2D eigenvalue weighted by Gasteiger charge is 2.21. The molecule has 7 nitrogen and oxygen atoms in total. The van der Waals surface area contributed by atoms with Crippen molar-refractivity contribution in [1.82, 2.24) is 20.9 Å². The molecule has 1 aromatic heterocycles. The van der Waals surface area contributed by atoms with Gasteiger partial charge in [-0.2, -0.15) is 0 Å². The molecule has 1 unspecified atom stereocenters. The summed E-state index contributed by atoms with van der Waals surface area (Å²) in [7, 11) is 0. The average Bonchev–Trinajstić information content (AvgIpc) is 2.87. The molecule has 1 rings (SSSR count). The topological polar surface area (TPSA) is 87.6 Å². The fourth-order valence-electron chi connectivity index (χ4n) is 2.35. The van der Waals surface area contributed by atoms with E-state index in [-0.39, 0.29) is 12.0 Å². The molecule has 1 aromatic rings. The number of thiazole rings is 1. The maximum absolute atomic E-state index is 12.1. The van der Waals surface area contributed by atoms with Gasteiger partial charge in [0.05, 0.1) is 23.3 Å². The molecule has 3 N–H and O–H groups in total. The monoisotopic (exact) mass is 411 g/mol. The van der Waals surface area contributed by atoms with Crippen molar-refractivity contribution in [2.75, 3.05) is 19.6 Å². The molecule has 0 fully saturated rings. The van der Waals surface area contributed by atoms with Crippen molar-refractivity contribution in [1.29, 1.82) is 0 Å². The van der Waals surface area contributed by atoms with Gasteiger partial charge in [0, 0.05) is 24.4 Å². The molecule has 0 saturated heterocycles. The number of hydrogen-bond donors (Lipinski definition) is 3. The van der Waals surface area contributed by atoms with E-state index in [1.165, 1.54) is 4.88 Å². The lowest BCUT2D eigenvalue weighted by Gasteiger charge is -2.25. The zero-order valence-corrected chi connectivity index (χ0v) is 19.4. The predicted molar refractivity (Wildman–Crippen MR) is 117 cm³/mol. The van der Waals surface area contributed by atoms with Crippen molar-refractivity contribution < 1.29 is 9.53 Å². The number of nitrogens with one attached hydrogen (secondary N) is 3. The largest absolute Gasteiger partial charge is 0.444 e. The molecule has 0 saturated carbocycles. The number of guanidine groups is 1. The molecule has 8 heteroatoms. The molecule has 0 spiro atoms. The van der Waals surface area contributed by atoms with Crippen LogP contribution in [0.4, 0.5) is 4.79 Å². The van der Waals surface area contributed by atoms with E-state index in [2.05, 4.69) is 46.7 Å². The summed E-state index contributed by atoms with van der Waals surface area (Å²) in [4.78, 5) is 22.6. The summed E-state index contributed by atoms with van der Waals surface area (Å²) in [6.45, 7) is 17.9. The Morgan fingerprint density at radius 2 is 1.93 bits per heavy atom. The summed E-state index contributed by atoms with van der Waals surface area (Å²) in [5, 5.41) is 10.7. The van der Waals surface area contributed by atoms with Crippen LogP contribution in [0, 0.1) is 19.8 Å². The minimum Gasteiger partial charge on any atom is -0.444 e. The molecule has 0 aromatic carbocycles. The number of amides is 1. The maximum Gasteiger partial charge on any atom is 0.407 e. The molecule has 1 atom stereocenters. The molecule has 0 aliphatic carbocycles. The van der Waals surface area contributed by atoms with Gasteiger partial charge in [0.1, 0.15) is 5.60 Å². The molecular weight excluding hydrogens is 374 g/mol. The van der Waals surface area contributed by atoms with Crippen LogP contribution in [0.25, 0.3) is 0 Å². The van der Waals surface area contributed by atoms with E-state index in [1.54, 1.807) is 11.3 Å². The van der Waals surface area contributed by atoms with E-state index in [1.807, 2.05) is 34.6 Å². The molecule has 0 bridgehead atoms. The fraction of sp³-hybridized carbons (Fsp3) is 0.750. The third-order valence-corrected chi connectivity index (χ3v) is 5.13. The van der Waals surface area contributed by atoms with Gasteiger partial charge in [-0.25, -0.2) is 9.78 Å².